The van der Waals surface area contributed by atoms with Crippen LogP contribution in [0, 0.1) is 0 Å². The Morgan fingerprint density at radius 2 is 1.82 bits per heavy atom. The molecule has 0 saturated heterocycles. The van der Waals surface area contributed by atoms with Crippen molar-refractivity contribution in [3.8, 4) is 0 Å². The van der Waals surface area contributed by atoms with Crippen LogP contribution in [0.4, 0.5) is 16.3 Å². The van der Waals surface area contributed by atoms with E-state index < -0.39 is 0 Å². The highest BCUT2D eigenvalue weighted by Gasteiger charge is 2.10. The number of amides is 2. The maximum Gasteiger partial charge on any atom is 0.327 e. The lowest BCUT2D eigenvalue weighted by Gasteiger charge is -2.17. The van der Waals surface area contributed by atoms with E-state index in [1.54, 1.807) is 25.4 Å². The van der Waals surface area contributed by atoms with Crippen LogP contribution in [0.15, 0.2) is 54.7 Å². The van der Waals surface area contributed by atoms with Gasteiger partial charge in [-0.25, -0.2) is 9.78 Å². The highest BCUT2D eigenvalue weighted by Crippen LogP contribution is 2.12. The van der Waals surface area contributed by atoms with Gasteiger partial charge in [-0.05, 0) is 24.3 Å². The van der Waals surface area contributed by atoms with Crippen LogP contribution in [0.5, 0.6) is 0 Å². The van der Waals surface area contributed by atoms with Crippen LogP contribution < -0.4 is 10.2 Å². The maximum atomic E-state index is 11.9. The molecule has 0 spiro atoms. The van der Waals surface area contributed by atoms with Crippen molar-refractivity contribution in [2.24, 2.45) is 0 Å². The predicted octanol–water partition coefficient (Wildman–Crippen LogP) is 2.75. The highest BCUT2D eigenvalue weighted by atomic mass is 16.2. The number of hydrogen-bond donors (Lipinski definition) is 1. The Hall–Kier alpha value is -2.36. The van der Waals surface area contributed by atoms with E-state index >= 15 is 0 Å². The smallest absolute Gasteiger partial charge is 0.297 e. The molecule has 2 aromatic rings. The van der Waals surface area contributed by atoms with Gasteiger partial charge >= 0.3 is 6.03 Å². The highest BCUT2D eigenvalue weighted by molar-refractivity contribution is 6.00. The summed E-state index contributed by atoms with van der Waals surface area (Å²) in [6.45, 7) is 0. The molecular formula is C13H13N3O. The Morgan fingerprint density at radius 3 is 2.47 bits per heavy atom. The largest absolute Gasteiger partial charge is 0.327 e. The molecule has 2 amide bonds. The Morgan fingerprint density at radius 1 is 1.12 bits per heavy atom. The first-order valence-corrected chi connectivity index (χ1v) is 5.28. The van der Waals surface area contributed by atoms with Gasteiger partial charge in [-0.1, -0.05) is 24.3 Å². The van der Waals surface area contributed by atoms with Gasteiger partial charge < -0.3 is 0 Å². The second kappa shape index (κ2) is 5.12. The molecule has 0 aliphatic carbocycles. The topological polar surface area (TPSA) is 45.2 Å². The lowest BCUT2D eigenvalue weighted by Crippen LogP contribution is -2.31. The van der Waals surface area contributed by atoms with E-state index in [9.17, 15) is 4.79 Å². The van der Waals surface area contributed by atoms with Crippen LogP contribution in [-0.2, 0) is 0 Å². The molecule has 0 atom stereocenters. The zero-order valence-electron chi connectivity index (χ0n) is 9.50. The number of carbonyl (C=O) groups is 1. The fourth-order valence-electron chi connectivity index (χ4n) is 1.40. The van der Waals surface area contributed by atoms with E-state index in [4.69, 9.17) is 0 Å². The van der Waals surface area contributed by atoms with Crippen molar-refractivity contribution in [3.63, 3.8) is 0 Å². The molecule has 86 valence electrons. The standard InChI is InChI=1S/C13H13N3O/c1-16(11-7-3-2-4-8-11)13(17)15-12-9-5-6-10-14-12/h2-10H,1H3,(H,14,15,17). The number of nitrogens with one attached hydrogen (secondary N) is 1. The summed E-state index contributed by atoms with van der Waals surface area (Å²) < 4.78 is 0. The zero-order chi connectivity index (χ0) is 12.1. The van der Waals surface area contributed by atoms with Gasteiger partial charge in [-0.15, -0.1) is 0 Å². The number of anilines is 2. The summed E-state index contributed by atoms with van der Waals surface area (Å²) in [5.74, 6) is 0.542. The summed E-state index contributed by atoms with van der Waals surface area (Å²) in [7, 11) is 1.72. The average Bonchev–Trinajstić information content (AvgIpc) is 2.40. The first-order chi connectivity index (χ1) is 8.27. The molecule has 4 heteroatoms. The SMILES string of the molecule is CN(C(=O)Nc1ccccn1)c1ccccc1. The minimum atomic E-state index is -0.213. The van der Waals surface area contributed by atoms with Crippen molar-refractivity contribution in [2.45, 2.75) is 0 Å². The van der Waals surface area contributed by atoms with E-state index in [2.05, 4.69) is 10.3 Å². The number of benzene rings is 1. The quantitative estimate of drug-likeness (QED) is 0.857. The summed E-state index contributed by atoms with van der Waals surface area (Å²) in [4.78, 5) is 17.5. The monoisotopic (exact) mass is 227 g/mol. The Labute approximate surface area is 99.9 Å². The van der Waals surface area contributed by atoms with Gasteiger partial charge in [-0.2, -0.15) is 0 Å². The molecular weight excluding hydrogens is 214 g/mol. The fourth-order valence-corrected chi connectivity index (χ4v) is 1.40. The number of para-hydroxylation sites is 1. The molecule has 4 nitrogen and oxygen atoms in total. The number of rotatable bonds is 2. The molecule has 0 aliphatic heterocycles. The van der Waals surface area contributed by atoms with Crippen molar-refractivity contribution < 1.29 is 4.79 Å². The summed E-state index contributed by atoms with van der Waals surface area (Å²) in [6, 6.07) is 14.6. The molecule has 17 heavy (non-hydrogen) atoms. The minimum Gasteiger partial charge on any atom is -0.297 e. The van der Waals surface area contributed by atoms with Crippen molar-refractivity contribution >= 4 is 17.5 Å². The molecule has 0 aliphatic rings. The van der Waals surface area contributed by atoms with Crippen molar-refractivity contribution in [1.29, 1.82) is 0 Å². The summed E-state index contributed by atoms with van der Waals surface area (Å²) >= 11 is 0. The first-order valence-electron chi connectivity index (χ1n) is 5.28. The molecule has 1 N–H and O–H groups in total. The van der Waals surface area contributed by atoms with E-state index in [1.165, 1.54) is 4.90 Å². The number of pyridine rings is 1. The van der Waals surface area contributed by atoms with Gasteiger partial charge in [0.1, 0.15) is 5.82 Å². The third-order valence-electron chi connectivity index (χ3n) is 2.35. The van der Waals surface area contributed by atoms with Crippen molar-refractivity contribution in [3.05, 3.63) is 54.7 Å². The molecule has 0 bridgehead atoms. The van der Waals surface area contributed by atoms with Gasteiger partial charge in [0.05, 0.1) is 0 Å². The number of aromatic nitrogens is 1. The number of nitrogens with zero attached hydrogens (tertiary/aromatic N) is 2. The Bertz CT molecular complexity index is 485. The van der Waals surface area contributed by atoms with E-state index in [0.29, 0.717) is 5.82 Å². The normalized spacial score (nSPS) is 9.71. The number of hydrogen-bond acceptors (Lipinski definition) is 2. The third kappa shape index (κ3) is 2.81. The minimum absolute atomic E-state index is 0.213. The zero-order valence-corrected chi connectivity index (χ0v) is 9.50. The molecule has 2 rings (SSSR count). The second-order valence-electron chi connectivity index (χ2n) is 3.54. The van der Waals surface area contributed by atoms with Crippen LogP contribution in [0.2, 0.25) is 0 Å². The summed E-state index contributed by atoms with van der Waals surface area (Å²) in [5, 5.41) is 2.72. The molecule has 1 heterocycles. The number of carbonyl (C=O) groups excluding carboxylic acids is 1. The first kappa shape index (κ1) is 11.1. The second-order valence-corrected chi connectivity index (χ2v) is 3.54. The predicted molar refractivity (Wildman–Crippen MR) is 68.1 cm³/mol. The third-order valence-corrected chi connectivity index (χ3v) is 2.35. The number of urea groups is 1. The molecule has 0 saturated carbocycles. The van der Waals surface area contributed by atoms with E-state index in [0.717, 1.165) is 5.69 Å². The lowest BCUT2D eigenvalue weighted by atomic mass is 10.3. The molecule has 0 fully saturated rings. The Kier molecular flexibility index (Phi) is 3.35. The van der Waals surface area contributed by atoms with Gasteiger partial charge in [0.2, 0.25) is 0 Å². The van der Waals surface area contributed by atoms with Crippen LogP contribution in [0.25, 0.3) is 0 Å². The summed E-state index contributed by atoms with van der Waals surface area (Å²) in [5.41, 5.74) is 0.834. The lowest BCUT2D eigenvalue weighted by molar-refractivity contribution is 0.258. The molecule has 0 radical (unpaired) electrons. The van der Waals surface area contributed by atoms with Gasteiger partial charge in [0.25, 0.3) is 0 Å². The van der Waals surface area contributed by atoms with Crippen LogP contribution in [-0.4, -0.2) is 18.1 Å². The Balaban J connectivity index is 2.06. The molecule has 0 unspecified atom stereocenters. The molecule has 1 aromatic carbocycles. The van der Waals surface area contributed by atoms with Gasteiger partial charge in [-0.3, -0.25) is 10.2 Å². The summed E-state index contributed by atoms with van der Waals surface area (Å²) in [6.07, 6.45) is 1.64. The maximum absolute atomic E-state index is 11.9. The van der Waals surface area contributed by atoms with Crippen molar-refractivity contribution in [1.82, 2.24) is 4.98 Å². The van der Waals surface area contributed by atoms with E-state index in [1.807, 2.05) is 36.4 Å². The average molecular weight is 227 g/mol. The molecule has 1 aromatic heterocycles. The van der Waals surface area contributed by atoms with Crippen molar-refractivity contribution in [2.75, 3.05) is 17.3 Å². The van der Waals surface area contributed by atoms with Crippen LogP contribution in [0.1, 0.15) is 0 Å². The van der Waals surface area contributed by atoms with Crippen LogP contribution in [0.3, 0.4) is 0 Å². The van der Waals surface area contributed by atoms with Gasteiger partial charge in [0, 0.05) is 18.9 Å². The van der Waals surface area contributed by atoms with E-state index in [-0.39, 0.29) is 6.03 Å². The fraction of sp³-hybridized carbons (Fsp3) is 0.0769. The van der Waals surface area contributed by atoms with Crippen LogP contribution >= 0.6 is 0 Å². The van der Waals surface area contributed by atoms with Gasteiger partial charge in [0.15, 0.2) is 0 Å².